The molecule has 2 heterocycles. The molecule has 112 valence electrons. The van der Waals surface area contributed by atoms with Crippen molar-refractivity contribution in [1.82, 2.24) is 5.16 Å². The topological polar surface area (TPSA) is 55.1 Å². The molecule has 0 aliphatic carbocycles. The molecule has 1 amide bonds. The molecule has 0 aliphatic heterocycles. The third-order valence-corrected chi connectivity index (χ3v) is 4.22. The predicted molar refractivity (Wildman–Crippen MR) is 88.0 cm³/mol. The first-order valence-electron chi connectivity index (χ1n) is 7.13. The van der Waals surface area contributed by atoms with Crippen LogP contribution in [-0.4, -0.2) is 11.1 Å². The monoisotopic (exact) mass is 312 g/mol. The van der Waals surface area contributed by atoms with Gasteiger partial charge in [0.2, 0.25) is 5.91 Å². The number of amides is 1. The van der Waals surface area contributed by atoms with Crippen LogP contribution in [0.3, 0.4) is 0 Å². The van der Waals surface area contributed by atoms with Crippen molar-refractivity contribution in [3.05, 3.63) is 59.1 Å². The van der Waals surface area contributed by atoms with Gasteiger partial charge in [0.25, 0.3) is 0 Å². The van der Waals surface area contributed by atoms with Crippen molar-refractivity contribution in [2.24, 2.45) is 0 Å². The Morgan fingerprint density at radius 2 is 2.14 bits per heavy atom. The first-order chi connectivity index (χ1) is 10.8. The maximum atomic E-state index is 12.2. The second kappa shape index (κ2) is 6.58. The number of hydrogen-bond acceptors (Lipinski definition) is 4. The van der Waals surface area contributed by atoms with E-state index in [0.29, 0.717) is 11.5 Å². The van der Waals surface area contributed by atoms with Crippen molar-refractivity contribution >= 4 is 22.9 Å². The minimum Gasteiger partial charge on any atom is -0.355 e. The summed E-state index contributed by atoms with van der Waals surface area (Å²) in [5.41, 5.74) is 2.61. The van der Waals surface area contributed by atoms with Crippen LogP contribution in [0.2, 0.25) is 0 Å². The zero-order valence-corrected chi connectivity index (χ0v) is 13.0. The highest BCUT2D eigenvalue weighted by molar-refractivity contribution is 7.13. The van der Waals surface area contributed by atoms with Crippen molar-refractivity contribution in [1.29, 1.82) is 0 Å². The van der Waals surface area contributed by atoms with E-state index in [1.807, 2.05) is 47.8 Å². The van der Waals surface area contributed by atoms with Gasteiger partial charge in [0.05, 0.1) is 17.0 Å². The van der Waals surface area contributed by atoms with Gasteiger partial charge < -0.3 is 9.84 Å². The van der Waals surface area contributed by atoms with E-state index in [4.69, 9.17) is 4.52 Å². The fourth-order valence-electron chi connectivity index (χ4n) is 2.24. The molecule has 2 aromatic heterocycles. The smallest absolute Gasteiger partial charge is 0.230 e. The first-order valence-corrected chi connectivity index (χ1v) is 8.01. The molecule has 0 fully saturated rings. The summed E-state index contributed by atoms with van der Waals surface area (Å²) < 4.78 is 5.29. The molecule has 3 rings (SSSR count). The summed E-state index contributed by atoms with van der Waals surface area (Å²) in [6.07, 6.45) is 1.08. The first kappa shape index (κ1) is 14.5. The molecule has 4 nitrogen and oxygen atoms in total. The van der Waals surface area contributed by atoms with Crippen LogP contribution in [0, 0.1) is 0 Å². The lowest BCUT2D eigenvalue weighted by atomic mass is 10.1. The van der Waals surface area contributed by atoms with E-state index in [1.54, 1.807) is 11.3 Å². The van der Waals surface area contributed by atoms with E-state index >= 15 is 0 Å². The molecular weight excluding hydrogens is 296 g/mol. The molecule has 1 N–H and O–H groups in total. The molecule has 0 bridgehead atoms. The molecule has 22 heavy (non-hydrogen) atoms. The Bertz CT molecular complexity index is 763. The lowest BCUT2D eigenvalue weighted by molar-refractivity contribution is -0.115. The van der Waals surface area contributed by atoms with E-state index in [1.165, 1.54) is 0 Å². The van der Waals surface area contributed by atoms with Gasteiger partial charge in [-0.2, -0.15) is 0 Å². The molecule has 5 heteroatoms. The van der Waals surface area contributed by atoms with Crippen LogP contribution >= 0.6 is 11.3 Å². The van der Waals surface area contributed by atoms with E-state index < -0.39 is 0 Å². The zero-order valence-electron chi connectivity index (χ0n) is 12.2. The minimum absolute atomic E-state index is 0.0908. The van der Waals surface area contributed by atoms with Gasteiger partial charge in [-0.25, -0.2) is 0 Å². The van der Waals surface area contributed by atoms with Crippen molar-refractivity contribution in [3.8, 4) is 10.6 Å². The highest BCUT2D eigenvalue weighted by Crippen LogP contribution is 2.25. The van der Waals surface area contributed by atoms with Gasteiger partial charge in [-0.1, -0.05) is 36.3 Å². The fourth-order valence-corrected chi connectivity index (χ4v) is 2.91. The van der Waals surface area contributed by atoms with E-state index in [2.05, 4.69) is 17.4 Å². The fraction of sp³-hybridized carbons (Fsp3) is 0.176. The number of thiophene rings is 1. The molecular formula is C17H16N2O2S. The molecule has 1 aromatic carbocycles. The number of rotatable bonds is 5. The number of para-hydroxylation sites is 1. The number of aromatic nitrogens is 1. The Morgan fingerprint density at radius 3 is 2.91 bits per heavy atom. The summed E-state index contributed by atoms with van der Waals surface area (Å²) in [4.78, 5) is 13.2. The molecule has 0 atom stereocenters. The zero-order chi connectivity index (χ0) is 15.4. The maximum absolute atomic E-state index is 12.2. The molecule has 0 unspecified atom stereocenters. The number of carbonyl (C=O) groups is 1. The second-order valence-corrected chi connectivity index (χ2v) is 5.84. The van der Waals surface area contributed by atoms with Gasteiger partial charge in [-0.05, 0) is 29.5 Å². The lowest BCUT2D eigenvalue weighted by Crippen LogP contribution is -2.15. The molecule has 0 saturated carbocycles. The average molecular weight is 312 g/mol. The third kappa shape index (κ3) is 3.26. The van der Waals surface area contributed by atoms with Crippen molar-refractivity contribution in [2.45, 2.75) is 19.8 Å². The number of hydrogen-bond donors (Lipinski definition) is 1. The van der Waals surface area contributed by atoms with Crippen LogP contribution in [0.1, 0.15) is 18.2 Å². The van der Waals surface area contributed by atoms with E-state index in [-0.39, 0.29) is 12.3 Å². The summed E-state index contributed by atoms with van der Waals surface area (Å²) in [5.74, 6) is 0.610. The predicted octanol–water partition coefficient (Wildman–Crippen LogP) is 4.15. The Labute approximate surface area is 132 Å². The van der Waals surface area contributed by atoms with Crippen LogP contribution in [-0.2, 0) is 17.6 Å². The van der Waals surface area contributed by atoms with E-state index in [9.17, 15) is 4.79 Å². The number of carbonyl (C=O) groups excluding carboxylic acids is 1. The van der Waals surface area contributed by atoms with Crippen LogP contribution in [0.15, 0.2) is 52.4 Å². The van der Waals surface area contributed by atoms with Gasteiger partial charge in [0, 0.05) is 11.8 Å². The molecule has 0 aliphatic rings. The summed E-state index contributed by atoms with van der Waals surface area (Å²) in [7, 11) is 0. The molecule has 0 saturated heterocycles. The van der Waals surface area contributed by atoms with Crippen LogP contribution < -0.4 is 5.32 Å². The quantitative estimate of drug-likeness (QED) is 0.770. The van der Waals surface area contributed by atoms with Crippen LogP contribution in [0.5, 0.6) is 0 Å². The van der Waals surface area contributed by atoms with Gasteiger partial charge >= 0.3 is 0 Å². The van der Waals surface area contributed by atoms with E-state index in [0.717, 1.165) is 22.5 Å². The Morgan fingerprint density at radius 1 is 1.27 bits per heavy atom. The summed E-state index contributed by atoms with van der Waals surface area (Å²) in [5, 5.41) is 8.88. The highest BCUT2D eigenvalue weighted by atomic mass is 32.1. The maximum Gasteiger partial charge on any atom is 0.230 e. The highest BCUT2D eigenvalue weighted by Gasteiger charge is 2.12. The third-order valence-electron chi connectivity index (χ3n) is 3.34. The summed E-state index contributed by atoms with van der Waals surface area (Å²) in [6.45, 7) is 2.07. The Kier molecular flexibility index (Phi) is 4.34. The summed E-state index contributed by atoms with van der Waals surface area (Å²) >= 11 is 1.58. The molecule has 0 radical (unpaired) electrons. The van der Waals surface area contributed by atoms with Gasteiger partial charge in [0.1, 0.15) is 0 Å². The second-order valence-electron chi connectivity index (χ2n) is 4.90. The molecule has 0 spiro atoms. The standard InChI is InChI=1S/C17H16N2O2S/c1-2-12-6-3-4-7-14(12)18-17(20)11-13-10-15(21-19-13)16-8-5-9-22-16/h3-10H,2,11H2,1H3,(H,18,20). The van der Waals surface area contributed by atoms with Gasteiger partial charge in [0.15, 0.2) is 5.76 Å². The SMILES string of the molecule is CCc1ccccc1NC(=O)Cc1cc(-c2cccs2)on1. The van der Waals surface area contributed by atoms with Gasteiger partial charge in [-0.3, -0.25) is 4.79 Å². The normalized spacial score (nSPS) is 10.6. The van der Waals surface area contributed by atoms with Crippen molar-refractivity contribution in [3.63, 3.8) is 0 Å². The number of nitrogens with one attached hydrogen (secondary N) is 1. The van der Waals surface area contributed by atoms with Crippen molar-refractivity contribution in [2.75, 3.05) is 5.32 Å². The lowest BCUT2D eigenvalue weighted by Gasteiger charge is -2.08. The number of anilines is 1. The van der Waals surface area contributed by atoms with Crippen molar-refractivity contribution < 1.29 is 9.32 Å². The van der Waals surface area contributed by atoms with Crippen LogP contribution in [0.25, 0.3) is 10.6 Å². The van der Waals surface area contributed by atoms with Gasteiger partial charge in [-0.15, -0.1) is 11.3 Å². The van der Waals surface area contributed by atoms with Crippen LogP contribution in [0.4, 0.5) is 5.69 Å². The molecule has 3 aromatic rings. The number of benzene rings is 1. The number of aryl methyl sites for hydroxylation is 1. The number of nitrogens with zero attached hydrogens (tertiary/aromatic N) is 1. The Hall–Kier alpha value is -2.40. The minimum atomic E-state index is -0.0908. The summed E-state index contributed by atoms with van der Waals surface area (Å²) in [6, 6.07) is 13.6. The Balaban J connectivity index is 1.67. The average Bonchev–Trinajstić information content (AvgIpc) is 3.18. The largest absolute Gasteiger partial charge is 0.355 e.